The molecule has 1 N–H and O–H groups in total. The maximum atomic E-state index is 11.9. The molecule has 1 unspecified atom stereocenters. The van der Waals surface area contributed by atoms with Crippen molar-refractivity contribution < 1.29 is 14.8 Å². The molecule has 0 radical (unpaired) electrons. The van der Waals surface area contributed by atoms with Crippen LogP contribution in [0.3, 0.4) is 0 Å². The highest BCUT2D eigenvalue weighted by Crippen LogP contribution is 2.39. The molecule has 1 heterocycles. The summed E-state index contributed by atoms with van der Waals surface area (Å²) in [6.45, 7) is 7.36. The molecule has 1 atom stereocenters. The van der Waals surface area contributed by atoms with E-state index in [1.54, 1.807) is 24.4 Å². The molecule has 1 aliphatic heterocycles. The number of aliphatic carboxylic acids is 1. The van der Waals surface area contributed by atoms with Crippen LogP contribution in [0.2, 0.25) is 0 Å². The molecule has 0 spiro atoms. The van der Waals surface area contributed by atoms with Gasteiger partial charge in [-0.3, -0.25) is 10.1 Å². The number of hydrogen-bond acceptors (Lipinski definition) is 5. The third-order valence-electron chi connectivity index (χ3n) is 5.37. The van der Waals surface area contributed by atoms with Crippen molar-refractivity contribution >= 4 is 17.2 Å². The molecule has 7 nitrogen and oxygen atoms in total. The third kappa shape index (κ3) is 4.30. The normalized spacial score (nSPS) is 15.8. The fourth-order valence-corrected chi connectivity index (χ4v) is 3.81. The maximum absolute atomic E-state index is 11.9. The van der Waals surface area contributed by atoms with Gasteiger partial charge in [-0.25, -0.2) is 4.79 Å². The summed E-state index contributed by atoms with van der Waals surface area (Å²) in [5.74, 6) is -0.984. The second kappa shape index (κ2) is 8.87. The topological polar surface area (TPSA) is 86.9 Å². The van der Waals surface area contributed by atoms with Crippen LogP contribution in [0.4, 0.5) is 5.69 Å². The minimum absolute atomic E-state index is 0.0247. The zero-order valence-electron chi connectivity index (χ0n) is 16.6. The van der Waals surface area contributed by atoms with Gasteiger partial charge in [-0.05, 0) is 29.8 Å². The molecule has 0 saturated heterocycles. The number of fused-ring (bicyclic) bond motifs is 1. The lowest BCUT2D eigenvalue weighted by Gasteiger charge is -2.37. The van der Waals surface area contributed by atoms with Crippen molar-refractivity contribution in [2.24, 2.45) is 0 Å². The van der Waals surface area contributed by atoms with Gasteiger partial charge in [0.25, 0.3) is 5.69 Å². The van der Waals surface area contributed by atoms with E-state index < -0.39 is 10.9 Å². The van der Waals surface area contributed by atoms with Crippen molar-refractivity contribution in [3.63, 3.8) is 0 Å². The number of benzene rings is 2. The highest BCUT2D eigenvalue weighted by Gasteiger charge is 2.31. The van der Waals surface area contributed by atoms with Crippen LogP contribution in [0.5, 0.6) is 0 Å². The first-order valence-electron chi connectivity index (χ1n) is 9.73. The predicted octanol–water partition coefficient (Wildman–Crippen LogP) is 3.77. The van der Waals surface area contributed by atoms with Crippen LogP contribution < -0.4 is 0 Å². The Bertz CT molecular complexity index is 937. The van der Waals surface area contributed by atoms with E-state index in [2.05, 4.69) is 18.7 Å². The Morgan fingerprint density at radius 2 is 1.90 bits per heavy atom. The molecule has 7 heteroatoms. The summed E-state index contributed by atoms with van der Waals surface area (Å²) >= 11 is 0. The quantitative estimate of drug-likeness (QED) is 0.541. The van der Waals surface area contributed by atoms with E-state index in [0.29, 0.717) is 12.1 Å². The smallest absolute Gasteiger partial charge is 0.337 e. The number of likely N-dealkylation sites (N-methyl/N-ethyl adjacent to an activating group) is 1. The van der Waals surface area contributed by atoms with Crippen molar-refractivity contribution in [1.29, 1.82) is 0 Å². The van der Waals surface area contributed by atoms with Crippen molar-refractivity contribution in [2.75, 3.05) is 26.2 Å². The molecule has 0 saturated carbocycles. The Hall–Kier alpha value is -3.19. The standard InChI is InChI=1S/C22H25N3O4/c1-3-23(4-2)12-13-24-15-20(22(26)27)18-10-5-6-11-19(18)21(24)16-8-7-9-17(14-16)25(28)29/h5-11,14-15,21H,3-4,12-13H2,1-2H3,(H,26,27). The van der Waals surface area contributed by atoms with Gasteiger partial charge >= 0.3 is 5.97 Å². The van der Waals surface area contributed by atoms with Gasteiger partial charge in [0.2, 0.25) is 0 Å². The highest BCUT2D eigenvalue weighted by atomic mass is 16.6. The van der Waals surface area contributed by atoms with Gasteiger partial charge in [0.1, 0.15) is 0 Å². The number of nitro benzene ring substituents is 1. The molecule has 152 valence electrons. The highest BCUT2D eigenvalue weighted by molar-refractivity contribution is 6.16. The van der Waals surface area contributed by atoms with E-state index in [1.165, 1.54) is 6.07 Å². The first kappa shape index (κ1) is 20.5. The summed E-state index contributed by atoms with van der Waals surface area (Å²) in [5.41, 5.74) is 2.52. The average molecular weight is 395 g/mol. The van der Waals surface area contributed by atoms with Gasteiger partial charge in [-0.2, -0.15) is 0 Å². The van der Waals surface area contributed by atoms with Crippen LogP contribution in [0.25, 0.3) is 5.57 Å². The van der Waals surface area contributed by atoms with E-state index in [0.717, 1.165) is 30.8 Å². The van der Waals surface area contributed by atoms with Crippen molar-refractivity contribution in [2.45, 2.75) is 19.9 Å². The molecular formula is C22H25N3O4. The number of hydrogen-bond donors (Lipinski definition) is 1. The Kier molecular flexibility index (Phi) is 6.29. The monoisotopic (exact) mass is 395 g/mol. The number of nitro groups is 1. The van der Waals surface area contributed by atoms with E-state index in [-0.39, 0.29) is 17.3 Å². The third-order valence-corrected chi connectivity index (χ3v) is 5.37. The van der Waals surface area contributed by atoms with Crippen molar-refractivity contribution in [3.8, 4) is 0 Å². The van der Waals surface area contributed by atoms with Crippen molar-refractivity contribution in [3.05, 3.63) is 81.5 Å². The minimum atomic E-state index is -0.984. The predicted molar refractivity (Wildman–Crippen MR) is 111 cm³/mol. The molecule has 2 aromatic carbocycles. The van der Waals surface area contributed by atoms with Crippen LogP contribution in [0.15, 0.2) is 54.7 Å². The number of carboxylic acid groups (broad SMARTS) is 1. The van der Waals surface area contributed by atoms with E-state index >= 15 is 0 Å². The molecule has 1 aliphatic rings. The molecule has 0 bridgehead atoms. The largest absolute Gasteiger partial charge is 0.478 e. The first-order valence-corrected chi connectivity index (χ1v) is 9.73. The van der Waals surface area contributed by atoms with Gasteiger partial charge in [0.05, 0.1) is 16.5 Å². The second-order valence-corrected chi connectivity index (χ2v) is 6.95. The molecule has 0 aromatic heterocycles. The van der Waals surface area contributed by atoms with Crippen LogP contribution in [-0.2, 0) is 4.79 Å². The van der Waals surface area contributed by atoms with E-state index in [1.807, 2.05) is 29.2 Å². The molecular weight excluding hydrogens is 370 g/mol. The summed E-state index contributed by atoms with van der Waals surface area (Å²) in [5, 5.41) is 21.0. The Balaban J connectivity index is 2.09. The van der Waals surface area contributed by atoms with Gasteiger partial charge in [-0.15, -0.1) is 0 Å². The van der Waals surface area contributed by atoms with Gasteiger partial charge in [0, 0.05) is 31.4 Å². The average Bonchev–Trinajstić information content (AvgIpc) is 2.73. The van der Waals surface area contributed by atoms with Gasteiger partial charge in [-0.1, -0.05) is 50.2 Å². The Morgan fingerprint density at radius 3 is 2.55 bits per heavy atom. The maximum Gasteiger partial charge on any atom is 0.337 e. The van der Waals surface area contributed by atoms with Crippen LogP contribution in [0, 0.1) is 10.1 Å². The lowest BCUT2D eigenvalue weighted by Crippen LogP contribution is -2.37. The van der Waals surface area contributed by atoms with Crippen molar-refractivity contribution in [1.82, 2.24) is 9.80 Å². The molecule has 29 heavy (non-hydrogen) atoms. The molecule has 0 fully saturated rings. The first-order chi connectivity index (χ1) is 14.0. The fourth-order valence-electron chi connectivity index (χ4n) is 3.81. The second-order valence-electron chi connectivity index (χ2n) is 6.95. The summed E-state index contributed by atoms with van der Waals surface area (Å²) in [6.07, 6.45) is 1.68. The molecule has 0 aliphatic carbocycles. The van der Waals surface area contributed by atoms with Crippen LogP contribution in [0.1, 0.15) is 36.6 Å². The molecule has 0 amide bonds. The summed E-state index contributed by atoms with van der Waals surface area (Å²) < 4.78 is 0. The number of carboxylic acids is 1. The Morgan fingerprint density at radius 1 is 1.17 bits per heavy atom. The summed E-state index contributed by atoms with van der Waals surface area (Å²) in [4.78, 5) is 27.0. The van der Waals surface area contributed by atoms with Crippen LogP contribution >= 0.6 is 0 Å². The minimum Gasteiger partial charge on any atom is -0.478 e. The number of nitrogens with zero attached hydrogens (tertiary/aromatic N) is 3. The zero-order valence-corrected chi connectivity index (χ0v) is 16.6. The fraction of sp³-hybridized carbons (Fsp3) is 0.318. The lowest BCUT2D eigenvalue weighted by molar-refractivity contribution is -0.384. The SMILES string of the molecule is CCN(CC)CCN1C=C(C(=O)O)c2ccccc2C1c1cccc([N+](=O)[O-])c1. The number of non-ortho nitro benzene ring substituents is 1. The Labute approximate surface area is 170 Å². The number of rotatable bonds is 8. The van der Waals surface area contributed by atoms with Gasteiger partial charge in [0.15, 0.2) is 0 Å². The van der Waals surface area contributed by atoms with Gasteiger partial charge < -0.3 is 14.9 Å². The van der Waals surface area contributed by atoms with E-state index in [4.69, 9.17) is 0 Å². The summed E-state index contributed by atoms with van der Waals surface area (Å²) in [7, 11) is 0. The lowest BCUT2D eigenvalue weighted by atomic mass is 9.87. The molecule has 2 aromatic rings. The summed E-state index contributed by atoms with van der Waals surface area (Å²) in [6, 6.07) is 13.7. The number of carbonyl (C=O) groups is 1. The zero-order chi connectivity index (χ0) is 21.0. The van der Waals surface area contributed by atoms with Crippen LogP contribution in [-0.4, -0.2) is 52.0 Å². The van der Waals surface area contributed by atoms with E-state index in [9.17, 15) is 20.0 Å². The molecule has 3 rings (SSSR count).